The minimum atomic E-state index is -0.395. The number of rotatable bonds is 0. The first-order chi connectivity index (χ1) is 2.00. The van der Waals surface area contributed by atoms with Crippen LogP contribution in [0.2, 0.25) is 0 Å². The van der Waals surface area contributed by atoms with Crippen molar-refractivity contribution in [2.75, 3.05) is 6.79 Å². The van der Waals surface area contributed by atoms with E-state index in [2.05, 4.69) is 7.58 Å². The predicted molar refractivity (Wildman–Crippen MR) is 14.2 cm³/mol. The van der Waals surface area contributed by atoms with Crippen LogP contribution in [0.15, 0.2) is 0 Å². The molecule has 0 aromatic carbocycles. The SMILES string of the molecule is C1[O][AlH][O]1. The van der Waals surface area contributed by atoms with Crippen molar-refractivity contribution < 1.29 is 7.58 Å². The average molecular weight is 74.0 g/mol. The van der Waals surface area contributed by atoms with Crippen molar-refractivity contribution in [2.45, 2.75) is 0 Å². The summed E-state index contributed by atoms with van der Waals surface area (Å²) in [6, 6.07) is 0. The highest BCUT2D eigenvalue weighted by Crippen LogP contribution is 1.83. The summed E-state index contributed by atoms with van der Waals surface area (Å²) in [5, 5.41) is 0. The van der Waals surface area contributed by atoms with E-state index in [-0.39, 0.29) is 0 Å². The molecule has 1 saturated heterocycles. The van der Waals surface area contributed by atoms with Crippen LogP contribution in [0.3, 0.4) is 0 Å². The molecule has 1 aliphatic rings. The van der Waals surface area contributed by atoms with Crippen LogP contribution in [0.1, 0.15) is 0 Å². The largest absolute Gasteiger partial charge is 0.652 e. The van der Waals surface area contributed by atoms with Gasteiger partial charge in [-0.15, -0.1) is 0 Å². The summed E-state index contributed by atoms with van der Waals surface area (Å²) in [4.78, 5) is 0. The minimum Gasteiger partial charge on any atom is -0.462 e. The van der Waals surface area contributed by atoms with Crippen LogP contribution in [-0.4, -0.2) is 22.7 Å². The molecule has 0 radical (unpaired) electrons. The Hall–Kier alpha value is 0.452. The van der Waals surface area contributed by atoms with Gasteiger partial charge in [0.05, 0.1) is 6.79 Å². The van der Waals surface area contributed by atoms with E-state index in [1.807, 2.05) is 0 Å². The molecule has 3 heteroatoms. The van der Waals surface area contributed by atoms with Crippen LogP contribution >= 0.6 is 0 Å². The molecule has 0 aliphatic carbocycles. The van der Waals surface area contributed by atoms with Crippen molar-refractivity contribution in [1.29, 1.82) is 0 Å². The molecule has 0 bridgehead atoms. The fourth-order valence-electron chi connectivity index (χ4n) is 0.0833. The molecule has 0 aromatic heterocycles. The van der Waals surface area contributed by atoms with Crippen molar-refractivity contribution in [2.24, 2.45) is 0 Å². The first-order valence-electron chi connectivity index (χ1n) is 1.15. The summed E-state index contributed by atoms with van der Waals surface area (Å²) < 4.78 is 9.28. The smallest absolute Gasteiger partial charge is 0.462 e. The number of hydrogen-bond acceptors (Lipinski definition) is 2. The third-order valence-electron chi connectivity index (χ3n) is 0.333. The molecule has 22 valence electrons. The molecule has 1 heterocycles. The monoisotopic (exact) mass is 74.0 g/mol. The Kier molecular flexibility index (Phi) is 0.701. The Labute approximate surface area is 31.1 Å². The maximum absolute atomic E-state index is 4.64. The van der Waals surface area contributed by atoms with Crippen LogP contribution in [0.25, 0.3) is 0 Å². The van der Waals surface area contributed by atoms with E-state index in [4.69, 9.17) is 0 Å². The van der Waals surface area contributed by atoms with Crippen molar-refractivity contribution in [3.05, 3.63) is 0 Å². The topological polar surface area (TPSA) is 18.5 Å². The highest BCUT2D eigenvalue weighted by atomic mass is 27.2. The van der Waals surface area contributed by atoms with E-state index in [1.54, 1.807) is 0 Å². The summed E-state index contributed by atoms with van der Waals surface area (Å²) in [6.45, 7) is 0.562. The Balaban J connectivity index is 2.00. The Morgan fingerprint density at radius 2 is 1.75 bits per heavy atom. The van der Waals surface area contributed by atoms with Crippen LogP contribution in [0.5, 0.6) is 0 Å². The van der Waals surface area contributed by atoms with Gasteiger partial charge in [-0.3, -0.25) is 0 Å². The van der Waals surface area contributed by atoms with Crippen LogP contribution in [-0.2, 0) is 7.58 Å². The van der Waals surface area contributed by atoms with E-state index in [1.165, 1.54) is 0 Å². The third kappa shape index (κ3) is 0.261. The van der Waals surface area contributed by atoms with Gasteiger partial charge in [0.1, 0.15) is 0 Å². The number of hydrogen-bond donors (Lipinski definition) is 0. The van der Waals surface area contributed by atoms with Crippen LogP contribution in [0.4, 0.5) is 0 Å². The molecule has 4 heavy (non-hydrogen) atoms. The Bertz CT molecular complexity index is 14.0. The second-order valence-corrected chi connectivity index (χ2v) is 1.70. The lowest BCUT2D eigenvalue weighted by molar-refractivity contribution is 0.00920. The quantitative estimate of drug-likeness (QED) is 0.352. The lowest BCUT2D eigenvalue weighted by Gasteiger charge is -2.10. The van der Waals surface area contributed by atoms with Crippen molar-refractivity contribution in [3.63, 3.8) is 0 Å². The van der Waals surface area contributed by atoms with E-state index in [0.717, 1.165) is 0 Å². The highest BCUT2D eigenvalue weighted by Gasteiger charge is 2.03. The second-order valence-electron chi connectivity index (χ2n) is 0.644. The molecule has 0 unspecified atom stereocenters. The van der Waals surface area contributed by atoms with Gasteiger partial charge in [-0.05, 0) is 0 Å². The Morgan fingerprint density at radius 1 is 1.50 bits per heavy atom. The zero-order valence-electron chi connectivity index (χ0n) is 2.23. The van der Waals surface area contributed by atoms with Crippen LogP contribution in [0, 0.1) is 0 Å². The molecule has 0 saturated carbocycles. The zero-order valence-corrected chi connectivity index (χ0v) is 3.64. The molecule has 1 rings (SSSR count). The van der Waals surface area contributed by atoms with Gasteiger partial charge in [-0.1, -0.05) is 0 Å². The Morgan fingerprint density at radius 3 is 1.75 bits per heavy atom. The molecular weight excluding hydrogens is 71.0 g/mol. The highest BCUT2D eigenvalue weighted by molar-refractivity contribution is 6.20. The predicted octanol–water partition coefficient (Wildman–Crippen LogP) is -0.743. The average Bonchev–Trinajstić information content (AvgIpc) is 0.722. The van der Waals surface area contributed by atoms with Gasteiger partial charge in [0, 0.05) is 0 Å². The fourth-order valence-corrected chi connectivity index (χ4v) is 0.250. The second kappa shape index (κ2) is 1.05. The molecule has 0 aromatic rings. The van der Waals surface area contributed by atoms with E-state index in [0.29, 0.717) is 6.79 Å². The summed E-state index contributed by atoms with van der Waals surface area (Å²) in [5.41, 5.74) is 0. The standard InChI is InChI=1S/CH2O2.Al.H/c2-1-3;;/h1H2;;/q-2;+2;. The summed E-state index contributed by atoms with van der Waals surface area (Å²) in [7, 11) is 0. The van der Waals surface area contributed by atoms with E-state index < -0.39 is 15.9 Å². The molecule has 2 nitrogen and oxygen atoms in total. The molecule has 0 atom stereocenters. The van der Waals surface area contributed by atoms with Gasteiger partial charge in [-0.25, -0.2) is 0 Å². The maximum Gasteiger partial charge on any atom is 0.652 e. The molecule has 0 spiro atoms. The zero-order chi connectivity index (χ0) is 2.83. The molecule has 1 aliphatic heterocycles. The van der Waals surface area contributed by atoms with Crippen molar-refractivity contribution in [1.82, 2.24) is 0 Å². The maximum atomic E-state index is 4.64. The summed E-state index contributed by atoms with van der Waals surface area (Å²) in [6.07, 6.45) is 0. The van der Waals surface area contributed by atoms with Gasteiger partial charge in [0.15, 0.2) is 0 Å². The van der Waals surface area contributed by atoms with E-state index in [9.17, 15) is 0 Å². The van der Waals surface area contributed by atoms with Gasteiger partial charge in [0.2, 0.25) is 0 Å². The van der Waals surface area contributed by atoms with Gasteiger partial charge < -0.3 is 7.58 Å². The van der Waals surface area contributed by atoms with Gasteiger partial charge in [0.25, 0.3) is 0 Å². The fraction of sp³-hybridized carbons (Fsp3) is 1.00. The first kappa shape index (κ1) is 2.68. The summed E-state index contributed by atoms with van der Waals surface area (Å²) in [5.74, 6) is 0. The third-order valence-corrected chi connectivity index (χ3v) is 1.00. The summed E-state index contributed by atoms with van der Waals surface area (Å²) >= 11 is -0.395. The first-order valence-corrected chi connectivity index (χ1v) is 2.31. The molecule has 0 amide bonds. The van der Waals surface area contributed by atoms with Crippen LogP contribution < -0.4 is 0 Å². The minimum absolute atomic E-state index is 0.395. The van der Waals surface area contributed by atoms with Crippen molar-refractivity contribution in [3.8, 4) is 0 Å². The van der Waals surface area contributed by atoms with Gasteiger partial charge in [-0.2, -0.15) is 0 Å². The molecular formula is CH3AlO2. The lowest BCUT2D eigenvalue weighted by atomic mass is 11.5. The molecule has 0 N–H and O–H groups in total. The van der Waals surface area contributed by atoms with Crippen molar-refractivity contribution >= 4 is 15.9 Å². The normalized spacial score (nSPS) is 22.0. The van der Waals surface area contributed by atoms with E-state index >= 15 is 0 Å². The lowest BCUT2D eigenvalue weighted by Crippen LogP contribution is -2.18. The van der Waals surface area contributed by atoms with Gasteiger partial charge >= 0.3 is 15.9 Å². The molecule has 1 fully saturated rings.